The number of aryl methyl sites for hydroxylation is 1. The molecule has 7 heteroatoms. The Morgan fingerprint density at radius 1 is 1.24 bits per heavy atom. The Morgan fingerprint density at radius 3 is 2.52 bits per heavy atom. The summed E-state index contributed by atoms with van der Waals surface area (Å²) in [5.74, 6) is 0.755. The highest BCUT2D eigenvalue weighted by Gasteiger charge is 2.54. The van der Waals surface area contributed by atoms with Gasteiger partial charge in [0.25, 0.3) is 10.0 Å². The minimum absolute atomic E-state index is 0.0831. The second-order valence-electron chi connectivity index (χ2n) is 6.01. The van der Waals surface area contributed by atoms with Crippen LogP contribution in [-0.4, -0.2) is 33.8 Å². The van der Waals surface area contributed by atoms with Gasteiger partial charge in [-0.25, -0.2) is 18.4 Å². The van der Waals surface area contributed by atoms with Gasteiger partial charge in [-0.2, -0.15) is 4.31 Å². The van der Waals surface area contributed by atoms with Gasteiger partial charge in [0.05, 0.1) is 6.04 Å². The highest BCUT2D eigenvalue weighted by Crippen LogP contribution is 2.50. The zero-order valence-corrected chi connectivity index (χ0v) is 13.1. The zero-order chi connectivity index (χ0) is 15.3. The first-order valence-corrected chi connectivity index (χ1v) is 8.18. The molecule has 0 aliphatic carbocycles. The molecule has 0 bridgehead atoms. The summed E-state index contributed by atoms with van der Waals surface area (Å²) in [6, 6.07) is 4.64. The Kier molecular flexibility index (Phi) is 3.14. The average molecular weight is 306 g/mol. The molecule has 0 saturated carbocycles. The fraction of sp³-hybridized carbons (Fsp3) is 0.429. The van der Waals surface area contributed by atoms with Gasteiger partial charge < -0.3 is 4.57 Å². The molecule has 112 valence electrons. The fourth-order valence-electron chi connectivity index (χ4n) is 2.82. The summed E-state index contributed by atoms with van der Waals surface area (Å²) >= 11 is 0. The number of sulfonamides is 1. The summed E-state index contributed by atoms with van der Waals surface area (Å²) < 4.78 is 28.8. The van der Waals surface area contributed by atoms with E-state index in [1.165, 1.54) is 16.6 Å². The van der Waals surface area contributed by atoms with Gasteiger partial charge in [0.15, 0.2) is 5.03 Å². The molecule has 3 rings (SSSR count). The van der Waals surface area contributed by atoms with E-state index in [1.807, 2.05) is 17.8 Å². The number of aromatic nitrogens is 3. The topological polar surface area (TPSA) is 68.1 Å². The molecule has 1 saturated heterocycles. The number of hydrogen-bond donors (Lipinski definition) is 0. The molecule has 1 aliphatic heterocycles. The van der Waals surface area contributed by atoms with Crippen molar-refractivity contribution < 1.29 is 8.42 Å². The van der Waals surface area contributed by atoms with Crippen molar-refractivity contribution in [1.29, 1.82) is 0 Å². The Bertz CT molecular complexity index is 752. The van der Waals surface area contributed by atoms with E-state index in [0.717, 1.165) is 5.82 Å². The van der Waals surface area contributed by atoms with Crippen LogP contribution < -0.4 is 0 Å². The molecule has 1 atom stereocenters. The summed E-state index contributed by atoms with van der Waals surface area (Å²) in [6.07, 6.45) is 5.01. The van der Waals surface area contributed by atoms with Gasteiger partial charge >= 0.3 is 0 Å². The van der Waals surface area contributed by atoms with Crippen molar-refractivity contribution in [2.45, 2.75) is 24.9 Å². The zero-order valence-electron chi connectivity index (χ0n) is 12.3. The maximum Gasteiger partial charge on any atom is 0.261 e. The van der Waals surface area contributed by atoms with Crippen LogP contribution in [-0.2, 0) is 17.1 Å². The second-order valence-corrected chi connectivity index (χ2v) is 7.84. The molecule has 21 heavy (non-hydrogen) atoms. The number of nitrogens with zero attached hydrogens (tertiary/aromatic N) is 4. The normalized spacial score (nSPS) is 22.0. The fourth-order valence-corrected chi connectivity index (χ4v) is 4.66. The van der Waals surface area contributed by atoms with Crippen molar-refractivity contribution in [3.63, 3.8) is 0 Å². The van der Waals surface area contributed by atoms with Crippen molar-refractivity contribution >= 4 is 10.0 Å². The van der Waals surface area contributed by atoms with E-state index in [9.17, 15) is 8.42 Å². The van der Waals surface area contributed by atoms with Gasteiger partial charge in [0.1, 0.15) is 5.82 Å². The van der Waals surface area contributed by atoms with Crippen LogP contribution in [0.4, 0.5) is 0 Å². The molecule has 2 aromatic heterocycles. The number of imidazole rings is 1. The minimum atomic E-state index is -3.60. The second kappa shape index (κ2) is 4.64. The molecule has 0 N–H and O–H groups in total. The maximum atomic E-state index is 12.7. The molecule has 6 nitrogen and oxygen atoms in total. The van der Waals surface area contributed by atoms with Crippen molar-refractivity contribution in [3.05, 3.63) is 42.6 Å². The van der Waals surface area contributed by atoms with Crippen LogP contribution in [0.15, 0.2) is 41.8 Å². The van der Waals surface area contributed by atoms with Crippen LogP contribution in [0.25, 0.3) is 0 Å². The van der Waals surface area contributed by atoms with Crippen molar-refractivity contribution in [1.82, 2.24) is 18.8 Å². The van der Waals surface area contributed by atoms with Crippen LogP contribution in [0.1, 0.15) is 25.7 Å². The molecule has 1 unspecified atom stereocenters. The third-order valence-corrected chi connectivity index (χ3v) is 5.63. The summed E-state index contributed by atoms with van der Waals surface area (Å²) in [4.78, 5) is 8.31. The standard InChI is InChI=1S/C14H18N4O2S/c1-14(2)10-18(12(14)13-16-8-9-17(13)3)21(19,20)11-6-4-5-7-15-11/h4-9,12H,10H2,1-3H3. The lowest BCUT2D eigenvalue weighted by molar-refractivity contribution is 0.0118. The largest absolute Gasteiger partial charge is 0.337 e. The molecular formula is C14H18N4O2S. The Morgan fingerprint density at radius 2 is 2.00 bits per heavy atom. The van der Waals surface area contributed by atoms with Gasteiger partial charge in [-0.05, 0) is 12.1 Å². The average Bonchev–Trinajstić information content (AvgIpc) is 2.83. The quantitative estimate of drug-likeness (QED) is 0.863. The maximum absolute atomic E-state index is 12.7. The molecule has 1 fully saturated rings. The van der Waals surface area contributed by atoms with Crippen LogP contribution in [0.3, 0.4) is 0 Å². The van der Waals surface area contributed by atoms with E-state index in [0.29, 0.717) is 6.54 Å². The smallest absolute Gasteiger partial charge is 0.261 e. The lowest BCUT2D eigenvalue weighted by Gasteiger charge is -2.52. The number of hydrogen-bond acceptors (Lipinski definition) is 4. The molecule has 0 aromatic carbocycles. The first-order chi connectivity index (χ1) is 9.84. The Labute approximate surface area is 124 Å². The summed E-state index contributed by atoms with van der Waals surface area (Å²) in [6.45, 7) is 4.57. The third-order valence-electron chi connectivity index (χ3n) is 3.91. The third kappa shape index (κ3) is 2.16. The van der Waals surface area contributed by atoms with Gasteiger partial charge in [0.2, 0.25) is 0 Å². The molecular weight excluding hydrogens is 288 g/mol. The predicted octanol–water partition coefficient (Wildman–Crippen LogP) is 1.59. The molecule has 0 radical (unpaired) electrons. The van der Waals surface area contributed by atoms with Crippen molar-refractivity contribution in [2.24, 2.45) is 12.5 Å². The molecule has 0 spiro atoms. The minimum Gasteiger partial charge on any atom is -0.337 e. The van der Waals surface area contributed by atoms with E-state index < -0.39 is 10.0 Å². The van der Waals surface area contributed by atoms with Crippen molar-refractivity contribution in [3.8, 4) is 0 Å². The van der Waals surface area contributed by atoms with Gasteiger partial charge in [-0.1, -0.05) is 19.9 Å². The van der Waals surface area contributed by atoms with Gasteiger partial charge in [-0.15, -0.1) is 0 Å². The molecule has 1 aliphatic rings. The first kappa shape index (κ1) is 14.2. The lowest BCUT2D eigenvalue weighted by Crippen LogP contribution is -2.58. The summed E-state index contributed by atoms with van der Waals surface area (Å²) in [5, 5.41) is 0.0831. The number of rotatable bonds is 3. The van der Waals surface area contributed by atoms with E-state index in [-0.39, 0.29) is 16.5 Å². The number of pyridine rings is 1. The SMILES string of the molecule is Cn1ccnc1C1N(S(=O)(=O)c2ccccn2)CC1(C)C. The highest BCUT2D eigenvalue weighted by atomic mass is 32.2. The summed E-state index contributed by atoms with van der Waals surface area (Å²) in [5.41, 5.74) is -0.152. The van der Waals surface area contributed by atoms with Crippen LogP contribution in [0.5, 0.6) is 0 Å². The molecule has 2 aromatic rings. The summed E-state index contributed by atoms with van der Waals surface area (Å²) in [7, 11) is -1.72. The van der Waals surface area contributed by atoms with Gasteiger partial charge in [-0.3, -0.25) is 0 Å². The Balaban J connectivity index is 2.02. The van der Waals surface area contributed by atoms with Crippen LogP contribution in [0.2, 0.25) is 0 Å². The molecule has 3 heterocycles. The van der Waals surface area contributed by atoms with Crippen LogP contribution >= 0.6 is 0 Å². The predicted molar refractivity (Wildman–Crippen MR) is 77.9 cm³/mol. The van der Waals surface area contributed by atoms with E-state index in [1.54, 1.807) is 18.3 Å². The lowest BCUT2D eigenvalue weighted by atomic mass is 9.76. The van der Waals surface area contributed by atoms with E-state index in [4.69, 9.17) is 0 Å². The van der Waals surface area contributed by atoms with Crippen LogP contribution in [0, 0.1) is 5.41 Å². The Hall–Kier alpha value is -1.73. The van der Waals surface area contributed by atoms with E-state index >= 15 is 0 Å². The first-order valence-electron chi connectivity index (χ1n) is 6.74. The van der Waals surface area contributed by atoms with E-state index in [2.05, 4.69) is 23.8 Å². The molecule has 0 amide bonds. The van der Waals surface area contributed by atoms with Gasteiger partial charge in [0, 0.05) is 37.6 Å². The van der Waals surface area contributed by atoms with Crippen molar-refractivity contribution in [2.75, 3.05) is 6.54 Å². The highest BCUT2D eigenvalue weighted by molar-refractivity contribution is 7.89. The monoisotopic (exact) mass is 306 g/mol.